The van der Waals surface area contributed by atoms with Crippen molar-refractivity contribution in [2.24, 2.45) is 0 Å². The lowest BCUT2D eigenvalue weighted by atomic mass is 10.1. The Hall–Kier alpha value is -0.870. The highest BCUT2D eigenvalue weighted by Gasteiger charge is 2.36. The van der Waals surface area contributed by atoms with Gasteiger partial charge in [-0.25, -0.2) is 4.98 Å². The minimum atomic E-state index is -0.215. The minimum Gasteiger partial charge on any atom is -0.363 e. The van der Waals surface area contributed by atoms with Crippen LogP contribution in [0.25, 0.3) is 4.96 Å². The number of ether oxygens (including phenoxy) is 1. The third-order valence-electron chi connectivity index (χ3n) is 2.77. The highest BCUT2D eigenvalue weighted by molar-refractivity contribution is 7.15. The number of rotatable bonds is 0. The Balaban J connectivity index is 2.39. The summed E-state index contributed by atoms with van der Waals surface area (Å²) in [6.07, 6.45) is 0. The van der Waals surface area contributed by atoms with Gasteiger partial charge in [0.1, 0.15) is 5.60 Å². The summed E-state index contributed by atoms with van der Waals surface area (Å²) in [6.45, 7) is 6.94. The first-order chi connectivity index (χ1) is 6.59. The van der Waals surface area contributed by atoms with Gasteiger partial charge in [-0.15, -0.1) is 11.3 Å². The zero-order chi connectivity index (χ0) is 9.92. The molecule has 1 aliphatic rings. The summed E-state index contributed by atoms with van der Waals surface area (Å²) in [4.78, 5) is 5.71. The fraction of sp³-hybridized carbons (Fsp3) is 0.500. The molecule has 0 aromatic carbocycles. The number of aromatic nitrogens is 2. The zero-order valence-corrected chi connectivity index (χ0v) is 9.31. The Morgan fingerprint density at radius 2 is 2.36 bits per heavy atom. The summed E-state index contributed by atoms with van der Waals surface area (Å²) < 4.78 is 7.91. The van der Waals surface area contributed by atoms with E-state index >= 15 is 0 Å². The van der Waals surface area contributed by atoms with E-state index in [2.05, 4.69) is 35.5 Å². The first-order valence-electron chi connectivity index (χ1n) is 4.69. The fourth-order valence-electron chi connectivity index (χ4n) is 2.00. The van der Waals surface area contributed by atoms with Crippen molar-refractivity contribution in [3.8, 4) is 0 Å². The molecule has 0 atom stereocenters. The van der Waals surface area contributed by atoms with Crippen molar-refractivity contribution >= 4 is 16.3 Å². The molecule has 0 unspecified atom stereocenters. The van der Waals surface area contributed by atoms with Gasteiger partial charge in [-0.2, -0.15) is 0 Å². The predicted molar refractivity (Wildman–Crippen MR) is 55.6 cm³/mol. The summed E-state index contributed by atoms with van der Waals surface area (Å²) in [5, 5.41) is 2.13. The summed E-state index contributed by atoms with van der Waals surface area (Å²) in [6, 6.07) is 0. The van der Waals surface area contributed by atoms with Crippen LogP contribution in [0.4, 0.5) is 0 Å². The maximum Gasteiger partial charge on any atom is 0.194 e. The number of thiazole rings is 1. The molecular weight excluding hydrogens is 196 g/mol. The van der Waals surface area contributed by atoms with Crippen LogP contribution in [-0.2, 0) is 16.9 Å². The molecule has 0 saturated carbocycles. The largest absolute Gasteiger partial charge is 0.363 e. The van der Waals surface area contributed by atoms with Gasteiger partial charge in [-0.1, -0.05) is 0 Å². The van der Waals surface area contributed by atoms with Crippen LogP contribution in [0.5, 0.6) is 0 Å². The van der Waals surface area contributed by atoms with Crippen LogP contribution in [0.1, 0.15) is 30.9 Å². The third kappa shape index (κ3) is 0.875. The number of aryl methyl sites for hydroxylation is 1. The Morgan fingerprint density at radius 1 is 1.57 bits per heavy atom. The van der Waals surface area contributed by atoms with E-state index in [9.17, 15) is 0 Å². The van der Waals surface area contributed by atoms with Gasteiger partial charge < -0.3 is 4.74 Å². The monoisotopic (exact) mass is 208 g/mol. The number of fused-ring (bicyclic) bond motifs is 3. The van der Waals surface area contributed by atoms with Crippen molar-refractivity contribution in [1.82, 2.24) is 9.38 Å². The highest BCUT2D eigenvalue weighted by atomic mass is 32.1. The molecule has 2 aromatic heterocycles. The molecular formula is C10H12N2OS. The molecule has 0 spiro atoms. The van der Waals surface area contributed by atoms with Crippen molar-refractivity contribution in [3.05, 3.63) is 22.5 Å². The Kier molecular flexibility index (Phi) is 1.43. The molecule has 1 aliphatic heterocycles. The molecule has 0 fully saturated rings. The minimum absolute atomic E-state index is 0.215. The molecule has 0 N–H and O–H groups in total. The van der Waals surface area contributed by atoms with Crippen LogP contribution in [0.15, 0.2) is 5.38 Å². The van der Waals surface area contributed by atoms with E-state index in [0.29, 0.717) is 6.61 Å². The molecule has 14 heavy (non-hydrogen) atoms. The molecule has 0 aliphatic carbocycles. The van der Waals surface area contributed by atoms with Gasteiger partial charge in [0.2, 0.25) is 0 Å². The molecule has 0 radical (unpaired) electrons. The summed E-state index contributed by atoms with van der Waals surface area (Å²) in [7, 11) is 0. The Bertz CT molecular complexity index is 509. The van der Waals surface area contributed by atoms with Crippen molar-refractivity contribution in [3.63, 3.8) is 0 Å². The summed E-state index contributed by atoms with van der Waals surface area (Å²) in [5.41, 5.74) is 3.37. The SMILES string of the molecule is Cc1csc2nc3c(n12)COC3(C)C. The molecule has 4 heteroatoms. The molecule has 0 bridgehead atoms. The summed E-state index contributed by atoms with van der Waals surface area (Å²) >= 11 is 1.70. The molecule has 0 amide bonds. The lowest BCUT2D eigenvalue weighted by Crippen LogP contribution is -2.15. The normalized spacial score (nSPS) is 19.1. The predicted octanol–water partition coefficient (Wildman–Crippen LogP) is 2.47. The smallest absolute Gasteiger partial charge is 0.194 e. The van der Waals surface area contributed by atoms with Crippen LogP contribution in [0.2, 0.25) is 0 Å². The van der Waals surface area contributed by atoms with Gasteiger partial charge in [0.25, 0.3) is 0 Å². The summed E-state index contributed by atoms with van der Waals surface area (Å²) in [5.74, 6) is 0. The lowest BCUT2D eigenvalue weighted by molar-refractivity contribution is -0.0112. The van der Waals surface area contributed by atoms with E-state index in [1.807, 2.05) is 0 Å². The van der Waals surface area contributed by atoms with E-state index in [0.717, 1.165) is 10.7 Å². The lowest BCUT2D eigenvalue weighted by Gasteiger charge is -2.14. The number of nitrogens with zero attached hydrogens (tertiary/aromatic N) is 2. The van der Waals surface area contributed by atoms with Gasteiger partial charge in [0.15, 0.2) is 4.96 Å². The van der Waals surface area contributed by atoms with Gasteiger partial charge in [-0.3, -0.25) is 4.40 Å². The van der Waals surface area contributed by atoms with Crippen LogP contribution >= 0.6 is 11.3 Å². The Morgan fingerprint density at radius 3 is 3.14 bits per heavy atom. The van der Waals surface area contributed by atoms with Crippen molar-refractivity contribution in [2.75, 3.05) is 0 Å². The zero-order valence-electron chi connectivity index (χ0n) is 8.50. The van der Waals surface area contributed by atoms with E-state index < -0.39 is 0 Å². The van der Waals surface area contributed by atoms with Gasteiger partial charge in [0, 0.05) is 11.1 Å². The second-order valence-corrected chi connectivity index (χ2v) is 5.04. The van der Waals surface area contributed by atoms with E-state index in [1.165, 1.54) is 11.4 Å². The quantitative estimate of drug-likeness (QED) is 0.665. The van der Waals surface area contributed by atoms with Crippen molar-refractivity contribution < 1.29 is 4.74 Å². The Labute approximate surface area is 86.3 Å². The average molecular weight is 208 g/mol. The van der Waals surface area contributed by atoms with E-state index in [4.69, 9.17) is 4.74 Å². The molecule has 3 nitrogen and oxygen atoms in total. The van der Waals surface area contributed by atoms with Crippen LogP contribution in [0, 0.1) is 6.92 Å². The van der Waals surface area contributed by atoms with Crippen molar-refractivity contribution in [2.45, 2.75) is 33.0 Å². The molecule has 3 rings (SSSR count). The first kappa shape index (κ1) is 8.44. The maximum atomic E-state index is 5.70. The van der Waals surface area contributed by atoms with Gasteiger partial charge in [-0.05, 0) is 20.8 Å². The molecule has 2 aromatic rings. The average Bonchev–Trinajstić information content (AvgIpc) is 2.69. The van der Waals surface area contributed by atoms with E-state index in [1.54, 1.807) is 11.3 Å². The van der Waals surface area contributed by atoms with Crippen LogP contribution in [-0.4, -0.2) is 9.38 Å². The second kappa shape index (κ2) is 2.38. The standard InChI is InChI=1S/C10H12N2OS/c1-6-5-14-9-11-8-7(12(6)9)4-13-10(8,2)3/h5H,4H2,1-3H3. The maximum absolute atomic E-state index is 5.70. The second-order valence-electron chi connectivity index (χ2n) is 4.20. The third-order valence-corrected chi connectivity index (χ3v) is 3.71. The number of imidazole rings is 1. The topological polar surface area (TPSA) is 26.5 Å². The molecule has 74 valence electrons. The molecule has 3 heterocycles. The number of hydrogen-bond donors (Lipinski definition) is 0. The van der Waals surface area contributed by atoms with Crippen molar-refractivity contribution in [1.29, 1.82) is 0 Å². The number of hydrogen-bond acceptors (Lipinski definition) is 3. The van der Waals surface area contributed by atoms with Crippen LogP contribution in [0.3, 0.4) is 0 Å². The van der Waals surface area contributed by atoms with Gasteiger partial charge >= 0.3 is 0 Å². The van der Waals surface area contributed by atoms with E-state index in [-0.39, 0.29) is 5.60 Å². The highest BCUT2D eigenvalue weighted by Crippen LogP contribution is 2.37. The van der Waals surface area contributed by atoms with Crippen LogP contribution < -0.4 is 0 Å². The van der Waals surface area contributed by atoms with Gasteiger partial charge in [0.05, 0.1) is 18.0 Å². The fourth-order valence-corrected chi connectivity index (χ4v) is 2.88. The first-order valence-corrected chi connectivity index (χ1v) is 5.57. The molecule has 0 saturated heterocycles.